The van der Waals surface area contributed by atoms with E-state index in [1.807, 2.05) is 30.5 Å². The molecule has 0 radical (unpaired) electrons. The topological polar surface area (TPSA) is 57.3 Å². The van der Waals surface area contributed by atoms with Gasteiger partial charge in [-0.15, -0.1) is 42.0 Å². The van der Waals surface area contributed by atoms with E-state index < -0.39 is 0 Å². The number of pyridine rings is 1. The van der Waals surface area contributed by atoms with Gasteiger partial charge in [-0.25, -0.2) is 4.98 Å². The van der Waals surface area contributed by atoms with Crippen LogP contribution in [0.3, 0.4) is 0 Å². The third-order valence-corrected chi connectivity index (χ3v) is 12.2. The van der Waals surface area contributed by atoms with Crippen LogP contribution in [0.2, 0.25) is 0 Å². The van der Waals surface area contributed by atoms with Gasteiger partial charge in [-0.2, -0.15) is 17.4 Å². The quantitative estimate of drug-likeness (QED) is 0.155. The molecule has 6 nitrogen and oxygen atoms in total. The normalized spacial score (nSPS) is 13.0. The largest absolute Gasteiger partial charge is 0.509 e. The van der Waals surface area contributed by atoms with Crippen molar-refractivity contribution < 1.29 is 25.8 Å². The van der Waals surface area contributed by atoms with Crippen molar-refractivity contribution in [2.45, 2.75) is 92.4 Å². The minimum Gasteiger partial charge on any atom is -0.509 e. The van der Waals surface area contributed by atoms with Crippen molar-refractivity contribution in [1.82, 2.24) is 9.55 Å². The number of para-hydroxylation sites is 3. The van der Waals surface area contributed by atoms with Crippen molar-refractivity contribution in [2.75, 3.05) is 9.80 Å². The van der Waals surface area contributed by atoms with Gasteiger partial charge < -0.3 is 19.1 Å². The Morgan fingerprint density at radius 2 is 1.27 bits per heavy atom. The summed E-state index contributed by atoms with van der Waals surface area (Å²) in [5.74, 6) is 1.93. The van der Waals surface area contributed by atoms with Gasteiger partial charge in [0.15, 0.2) is 0 Å². The van der Waals surface area contributed by atoms with Gasteiger partial charge in [-0.05, 0) is 107 Å². The number of nitrogens with zero attached hydrogens (tertiary/aromatic N) is 5. The smallest absolute Gasteiger partial charge is 0.135 e. The van der Waals surface area contributed by atoms with Crippen molar-refractivity contribution in [3.63, 3.8) is 0 Å². The number of anilines is 4. The molecular weight excluding hydrogens is 966 g/mol. The molecule has 9 rings (SSSR count). The molecular formula is C57H54N5OPt-3. The molecule has 0 fully saturated rings. The Balaban J connectivity index is 0.00000560. The summed E-state index contributed by atoms with van der Waals surface area (Å²) >= 11 is 0. The minimum atomic E-state index is -0.0662. The average molecular weight is 1020 g/mol. The number of nitriles is 1. The van der Waals surface area contributed by atoms with Crippen LogP contribution in [-0.4, -0.2) is 9.55 Å². The van der Waals surface area contributed by atoms with E-state index in [4.69, 9.17) is 9.72 Å². The molecule has 1 aliphatic heterocycles. The molecule has 64 heavy (non-hydrogen) atoms. The maximum atomic E-state index is 9.88. The summed E-state index contributed by atoms with van der Waals surface area (Å²) < 4.78 is 9.24. The molecule has 0 unspecified atom stereocenters. The maximum Gasteiger partial charge on any atom is 0.135 e. The molecule has 0 spiro atoms. The molecule has 7 heteroatoms. The van der Waals surface area contributed by atoms with Gasteiger partial charge in [0.25, 0.3) is 0 Å². The molecule has 0 saturated heterocycles. The van der Waals surface area contributed by atoms with Crippen LogP contribution in [-0.2, 0) is 37.3 Å². The van der Waals surface area contributed by atoms with Gasteiger partial charge in [0.1, 0.15) is 5.82 Å². The fraction of sp³-hybridized carbons (Fsp3) is 0.246. The van der Waals surface area contributed by atoms with Crippen LogP contribution in [0.15, 0.2) is 121 Å². The van der Waals surface area contributed by atoms with Gasteiger partial charge in [0, 0.05) is 61.3 Å². The first-order valence-electron chi connectivity index (χ1n) is 21.8. The monoisotopic (exact) mass is 1020 g/mol. The molecule has 0 atom stereocenters. The van der Waals surface area contributed by atoms with Crippen LogP contribution in [0.5, 0.6) is 11.5 Å². The van der Waals surface area contributed by atoms with Crippen LogP contribution in [0.4, 0.5) is 22.7 Å². The Labute approximate surface area is 393 Å². The second kappa shape index (κ2) is 16.4. The summed E-state index contributed by atoms with van der Waals surface area (Å²) in [6.07, 6.45) is 1.89. The SMILES string of the molecule is Cc1cc(C#N)cc(C)c1-c1cc2c3ccccc3n(-c3cc(C(C)(C)C)ccn3)c2[c-]c1Oc1[c-]c(N2[CH-]N(c3cc(C(C)(C)C)cc(C(C)(C)C)c3)c3ccccc32)ccc1.[Pt]. The predicted octanol–water partition coefficient (Wildman–Crippen LogP) is 15.0. The first-order chi connectivity index (χ1) is 29.9. The summed E-state index contributed by atoms with van der Waals surface area (Å²) in [6.45, 7) is 26.6. The number of fused-ring (bicyclic) bond motifs is 4. The van der Waals surface area contributed by atoms with E-state index in [1.165, 1.54) is 16.7 Å². The second-order valence-corrected chi connectivity index (χ2v) is 20.0. The molecule has 2 aromatic heterocycles. The van der Waals surface area contributed by atoms with E-state index in [1.54, 1.807) is 0 Å². The van der Waals surface area contributed by atoms with Crippen LogP contribution < -0.4 is 14.5 Å². The van der Waals surface area contributed by atoms with E-state index in [0.29, 0.717) is 17.1 Å². The molecule has 326 valence electrons. The number of hydrogen-bond acceptors (Lipinski definition) is 5. The van der Waals surface area contributed by atoms with E-state index in [0.717, 1.165) is 72.6 Å². The van der Waals surface area contributed by atoms with Crippen LogP contribution >= 0.6 is 0 Å². The van der Waals surface area contributed by atoms with Crippen molar-refractivity contribution >= 4 is 44.6 Å². The molecule has 1 aliphatic rings. The van der Waals surface area contributed by atoms with Crippen LogP contribution in [0.25, 0.3) is 38.8 Å². The zero-order chi connectivity index (χ0) is 44.6. The molecule has 6 aromatic carbocycles. The first kappa shape index (κ1) is 44.5. The van der Waals surface area contributed by atoms with E-state index in [9.17, 15) is 5.26 Å². The molecule has 8 aromatic rings. The average Bonchev–Trinajstić information content (AvgIpc) is 3.78. The van der Waals surface area contributed by atoms with Gasteiger partial charge in [-0.1, -0.05) is 126 Å². The zero-order valence-electron chi connectivity index (χ0n) is 38.6. The summed E-state index contributed by atoms with van der Waals surface area (Å²) in [5, 5.41) is 12.0. The standard InChI is InChI=1S/C57H54N5O.Pt/c1-36-25-38(34-58)26-37(2)54(36)47-32-46-45-19-12-13-20-48(45)62(53-30-39(23-24-59-53)55(3,4)5)51(46)33-52(47)63-44-18-16-17-42(31-44)60-35-61(50-22-15-14-21-49(50)60)43-28-40(56(6,7)8)27-41(29-43)57(9,10)11;/h12-30,32,35H,1-11H3;/q-3;. The Morgan fingerprint density at radius 1 is 0.641 bits per heavy atom. The molecule has 0 saturated carbocycles. The Morgan fingerprint density at radius 3 is 1.91 bits per heavy atom. The van der Waals surface area contributed by atoms with Crippen molar-refractivity contribution in [2.24, 2.45) is 0 Å². The third kappa shape index (κ3) is 8.12. The van der Waals surface area contributed by atoms with Gasteiger partial charge in [-0.3, -0.25) is 0 Å². The van der Waals surface area contributed by atoms with Crippen LogP contribution in [0, 0.1) is 44.0 Å². The van der Waals surface area contributed by atoms with Crippen LogP contribution in [0.1, 0.15) is 95.7 Å². The Kier molecular flexibility index (Phi) is 11.4. The van der Waals surface area contributed by atoms with E-state index in [-0.39, 0.29) is 37.3 Å². The fourth-order valence-electron chi connectivity index (χ4n) is 8.75. The number of ether oxygens (including phenoxy) is 1. The maximum absolute atomic E-state index is 9.88. The number of rotatable bonds is 6. The van der Waals surface area contributed by atoms with Gasteiger partial charge in [0.2, 0.25) is 0 Å². The summed E-state index contributed by atoms with van der Waals surface area (Å²) in [7, 11) is 0. The summed E-state index contributed by atoms with van der Waals surface area (Å²) in [6, 6.07) is 50.2. The minimum absolute atomic E-state index is 0. The zero-order valence-corrected chi connectivity index (χ0v) is 40.9. The molecule has 0 amide bonds. The van der Waals surface area contributed by atoms with Crippen molar-refractivity contribution in [3.05, 3.63) is 174 Å². The molecule has 3 heterocycles. The fourth-order valence-corrected chi connectivity index (χ4v) is 8.75. The van der Waals surface area contributed by atoms with Gasteiger partial charge >= 0.3 is 0 Å². The Bertz CT molecular complexity index is 3080. The number of hydrogen-bond donors (Lipinski definition) is 0. The number of aryl methyl sites for hydroxylation is 2. The second-order valence-electron chi connectivity index (χ2n) is 20.0. The molecule has 0 aliphatic carbocycles. The number of aromatic nitrogens is 2. The van der Waals surface area contributed by atoms with Crippen molar-refractivity contribution in [1.29, 1.82) is 5.26 Å². The first-order valence-corrected chi connectivity index (χ1v) is 21.8. The van der Waals surface area contributed by atoms with Crippen molar-refractivity contribution in [3.8, 4) is 34.5 Å². The molecule has 0 bridgehead atoms. The third-order valence-electron chi connectivity index (χ3n) is 12.2. The predicted molar refractivity (Wildman–Crippen MR) is 260 cm³/mol. The number of benzene rings is 6. The van der Waals surface area contributed by atoms with E-state index in [2.05, 4.69) is 206 Å². The van der Waals surface area contributed by atoms with E-state index >= 15 is 0 Å². The summed E-state index contributed by atoms with van der Waals surface area (Å²) in [4.78, 5) is 9.41. The summed E-state index contributed by atoms with van der Waals surface area (Å²) in [5.41, 5.74) is 14.2. The molecule has 0 N–H and O–H groups in total. The Hall–Kier alpha value is -6.15. The van der Waals surface area contributed by atoms with Gasteiger partial charge in [0.05, 0.1) is 11.6 Å².